The molecule has 2 aromatic rings. The molecule has 28 heavy (non-hydrogen) atoms. The Balaban J connectivity index is 1.69. The van der Waals surface area contributed by atoms with Crippen molar-refractivity contribution in [3.8, 4) is 17.2 Å². The van der Waals surface area contributed by atoms with Crippen molar-refractivity contribution < 1.29 is 23.8 Å². The fourth-order valence-electron chi connectivity index (χ4n) is 2.37. The molecule has 0 spiro atoms. The number of hydrogen-bond donors (Lipinski definition) is 2. The summed E-state index contributed by atoms with van der Waals surface area (Å²) in [5.41, 5.74) is 5.78. The summed E-state index contributed by atoms with van der Waals surface area (Å²) in [5.74, 6) is 1.05. The highest BCUT2D eigenvalue weighted by Crippen LogP contribution is 2.25. The molecule has 1 unspecified atom stereocenters. The second-order valence-corrected chi connectivity index (χ2v) is 6.20. The number of rotatable bonds is 9. The van der Waals surface area contributed by atoms with Gasteiger partial charge in [-0.2, -0.15) is 0 Å². The Hall–Kier alpha value is -3.22. The molecule has 7 nitrogen and oxygen atoms in total. The fraction of sp³-hybridized carbons (Fsp3) is 0.333. The van der Waals surface area contributed by atoms with Crippen molar-refractivity contribution in [2.75, 3.05) is 20.3 Å². The minimum Gasteiger partial charge on any atom is -0.493 e. The first-order chi connectivity index (χ1) is 13.5. The van der Waals surface area contributed by atoms with Crippen LogP contribution in [0.4, 0.5) is 0 Å². The molecule has 150 valence electrons. The summed E-state index contributed by atoms with van der Waals surface area (Å²) in [7, 11) is 1.51. The predicted octanol–water partition coefficient (Wildman–Crippen LogP) is 2.81. The molecule has 0 fully saturated rings. The average molecular weight is 386 g/mol. The third kappa shape index (κ3) is 6.50. The Morgan fingerprint density at radius 1 is 0.893 bits per heavy atom. The molecule has 0 aliphatic rings. The molecule has 0 aromatic heterocycles. The van der Waals surface area contributed by atoms with Crippen LogP contribution in [0.5, 0.6) is 17.2 Å². The van der Waals surface area contributed by atoms with Crippen LogP contribution >= 0.6 is 0 Å². The number of hydrazine groups is 1. The largest absolute Gasteiger partial charge is 0.493 e. The highest BCUT2D eigenvalue weighted by molar-refractivity contribution is 5.83. The summed E-state index contributed by atoms with van der Waals surface area (Å²) in [6.07, 6.45) is 1.06. The molecule has 0 aliphatic carbocycles. The molecular formula is C21H26N2O5. The molecule has 2 amide bonds. The van der Waals surface area contributed by atoms with E-state index in [-0.39, 0.29) is 13.2 Å². The lowest BCUT2D eigenvalue weighted by Crippen LogP contribution is -2.45. The summed E-state index contributed by atoms with van der Waals surface area (Å²) in [5, 5.41) is 0. The van der Waals surface area contributed by atoms with Crippen LogP contribution in [0.25, 0.3) is 0 Å². The molecular weight excluding hydrogens is 360 g/mol. The van der Waals surface area contributed by atoms with E-state index in [9.17, 15) is 9.59 Å². The van der Waals surface area contributed by atoms with Gasteiger partial charge < -0.3 is 14.2 Å². The van der Waals surface area contributed by atoms with Crippen LogP contribution in [0.2, 0.25) is 0 Å². The summed E-state index contributed by atoms with van der Waals surface area (Å²) in [6, 6.07) is 14.6. The fourth-order valence-corrected chi connectivity index (χ4v) is 2.37. The number of benzene rings is 2. The Kier molecular flexibility index (Phi) is 8.14. The van der Waals surface area contributed by atoms with Crippen molar-refractivity contribution >= 4 is 11.8 Å². The predicted molar refractivity (Wildman–Crippen MR) is 105 cm³/mol. The van der Waals surface area contributed by atoms with Crippen LogP contribution in [-0.4, -0.2) is 32.1 Å². The van der Waals surface area contributed by atoms with Gasteiger partial charge in [-0.25, -0.2) is 0 Å². The molecule has 2 aromatic carbocycles. The van der Waals surface area contributed by atoms with Gasteiger partial charge in [0, 0.05) is 0 Å². The molecule has 0 saturated heterocycles. The van der Waals surface area contributed by atoms with Crippen molar-refractivity contribution in [2.45, 2.75) is 26.2 Å². The minimum absolute atomic E-state index is 0.212. The number of para-hydroxylation sites is 2. The van der Waals surface area contributed by atoms with Gasteiger partial charge in [-0.05, 0) is 42.2 Å². The topological polar surface area (TPSA) is 85.9 Å². The van der Waals surface area contributed by atoms with E-state index < -0.39 is 11.8 Å². The number of carbonyl (C=O) groups is 2. The second-order valence-electron chi connectivity index (χ2n) is 6.20. The van der Waals surface area contributed by atoms with Gasteiger partial charge in [0.25, 0.3) is 11.8 Å². The third-order valence-electron chi connectivity index (χ3n) is 4.20. The third-order valence-corrected chi connectivity index (χ3v) is 4.20. The summed E-state index contributed by atoms with van der Waals surface area (Å²) in [6.45, 7) is 3.81. The molecule has 1 atom stereocenters. The Labute approximate surface area is 165 Å². The lowest BCUT2D eigenvalue weighted by Gasteiger charge is -2.12. The Morgan fingerprint density at radius 3 is 2.04 bits per heavy atom. The standard InChI is InChI=1S/C21H26N2O5/c1-4-15(2)16-9-11-17(12-10-16)27-13-20(24)22-23-21(25)14-28-19-8-6-5-7-18(19)26-3/h5-12,15H,4,13-14H2,1-3H3,(H,22,24)(H,23,25). The van der Waals surface area contributed by atoms with Crippen LogP contribution in [-0.2, 0) is 9.59 Å². The van der Waals surface area contributed by atoms with Gasteiger partial charge in [-0.1, -0.05) is 38.1 Å². The van der Waals surface area contributed by atoms with Crippen molar-refractivity contribution in [1.82, 2.24) is 10.9 Å². The molecule has 0 bridgehead atoms. The van der Waals surface area contributed by atoms with Crippen molar-refractivity contribution in [2.24, 2.45) is 0 Å². The SMILES string of the molecule is CCC(C)c1ccc(OCC(=O)NNC(=O)COc2ccccc2OC)cc1. The van der Waals surface area contributed by atoms with Gasteiger partial charge in [0.05, 0.1) is 7.11 Å². The van der Waals surface area contributed by atoms with E-state index in [0.29, 0.717) is 23.2 Å². The number of nitrogens with one attached hydrogen (secondary N) is 2. The van der Waals surface area contributed by atoms with E-state index in [1.807, 2.05) is 24.3 Å². The van der Waals surface area contributed by atoms with Crippen LogP contribution < -0.4 is 25.1 Å². The van der Waals surface area contributed by atoms with Crippen LogP contribution in [0, 0.1) is 0 Å². The molecule has 2 N–H and O–H groups in total. The van der Waals surface area contributed by atoms with Gasteiger partial charge in [0.1, 0.15) is 5.75 Å². The maximum atomic E-state index is 11.8. The molecule has 7 heteroatoms. The zero-order valence-electron chi connectivity index (χ0n) is 16.4. The van der Waals surface area contributed by atoms with Gasteiger partial charge >= 0.3 is 0 Å². The molecule has 0 aliphatic heterocycles. The van der Waals surface area contributed by atoms with Gasteiger partial charge in [0.15, 0.2) is 24.7 Å². The van der Waals surface area contributed by atoms with Gasteiger partial charge in [-0.15, -0.1) is 0 Å². The van der Waals surface area contributed by atoms with Crippen molar-refractivity contribution in [3.63, 3.8) is 0 Å². The molecule has 0 saturated carbocycles. The average Bonchev–Trinajstić information content (AvgIpc) is 2.74. The second kappa shape index (κ2) is 10.8. The molecule has 0 heterocycles. The maximum Gasteiger partial charge on any atom is 0.276 e. The lowest BCUT2D eigenvalue weighted by molar-refractivity contribution is -0.131. The highest BCUT2D eigenvalue weighted by Gasteiger charge is 2.09. The first-order valence-electron chi connectivity index (χ1n) is 9.09. The zero-order chi connectivity index (χ0) is 20.4. The van der Waals surface area contributed by atoms with E-state index in [4.69, 9.17) is 14.2 Å². The van der Waals surface area contributed by atoms with Gasteiger partial charge in [0.2, 0.25) is 0 Å². The maximum absolute atomic E-state index is 11.8. The van der Waals surface area contributed by atoms with E-state index >= 15 is 0 Å². The van der Waals surface area contributed by atoms with Crippen LogP contribution in [0.15, 0.2) is 48.5 Å². The number of methoxy groups -OCH3 is 1. The summed E-state index contributed by atoms with van der Waals surface area (Å²) >= 11 is 0. The Morgan fingerprint density at radius 2 is 1.46 bits per heavy atom. The summed E-state index contributed by atoms with van der Waals surface area (Å²) in [4.78, 5) is 23.6. The number of ether oxygens (including phenoxy) is 3. The molecule has 2 rings (SSSR count). The van der Waals surface area contributed by atoms with Crippen molar-refractivity contribution in [1.29, 1.82) is 0 Å². The first kappa shape index (κ1) is 21.1. The lowest BCUT2D eigenvalue weighted by atomic mass is 9.99. The highest BCUT2D eigenvalue weighted by atomic mass is 16.5. The minimum atomic E-state index is -0.503. The van der Waals surface area contributed by atoms with E-state index in [1.165, 1.54) is 12.7 Å². The monoisotopic (exact) mass is 386 g/mol. The van der Waals surface area contributed by atoms with E-state index in [1.54, 1.807) is 24.3 Å². The zero-order valence-corrected chi connectivity index (χ0v) is 16.4. The summed E-state index contributed by atoms with van der Waals surface area (Å²) < 4.78 is 15.9. The number of hydrogen-bond acceptors (Lipinski definition) is 5. The van der Waals surface area contributed by atoms with Gasteiger partial charge in [-0.3, -0.25) is 20.4 Å². The van der Waals surface area contributed by atoms with E-state index in [2.05, 4.69) is 24.7 Å². The normalized spacial score (nSPS) is 11.2. The Bertz CT molecular complexity index is 777. The quantitative estimate of drug-likeness (QED) is 0.647. The number of amides is 2. The van der Waals surface area contributed by atoms with Crippen molar-refractivity contribution in [3.05, 3.63) is 54.1 Å². The first-order valence-corrected chi connectivity index (χ1v) is 9.09. The molecule has 0 radical (unpaired) electrons. The van der Waals surface area contributed by atoms with Crippen LogP contribution in [0.3, 0.4) is 0 Å². The smallest absolute Gasteiger partial charge is 0.276 e. The van der Waals surface area contributed by atoms with Crippen LogP contribution in [0.1, 0.15) is 31.7 Å². The van der Waals surface area contributed by atoms with E-state index in [0.717, 1.165) is 6.42 Å². The number of carbonyl (C=O) groups excluding carboxylic acids is 2.